The number of sulfonamides is 1. The molecule has 0 bridgehead atoms. The second kappa shape index (κ2) is 7.05. The molecule has 0 aliphatic heterocycles. The van der Waals surface area contributed by atoms with Gasteiger partial charge in [-0.05, 0) is 37.5 Å². The molecule has 0 unspecified atom stereocenters. The third-order valence-electron chi connectivity index (χ3n) is 3.88. The van der Waals surface area contributed by atoms with Gasteiger partial charge in [0.25, 0.3) is 0 Å². The maximum Gasteiger partial charge on any atom is 0.243 e. The summed E-state index contributed by atoms with van der Waals surface area (Å²) in [5.74, 6) is 0. The summed E-state index contributed by atoms with van der Waals surface area (Å²) in [6.07, 6.45) is 5.46. The molecule has 20 heavy (non-hydrogen) atoms. The first-order valence-electron chi connectivity index (χ1n) is 7.20. The van der Waals surface area contributed by atoms with E-state index in [-0.39, 0.29) is 6.04 Å². The smallest absolute Gasteiger partial charge is 0.207 e. The van der Waals surface area contributed by atoms with Crippen molar-refractivity contribution in [3.8, 4) is 0 Å². The van der Waals surface area contributed by atoms with E-state index in [0.717, 1.165) is 31.2 Å². The van der Waals surface area contributed by atoms with Crippen molar-refractivity contribution in [2.45, 2.75) is 50.0 Å². The fraction of sp³-hybridized carbons (Fsp3) is 0.600. The van der Waals surface area contributed by atoms with Crippen LogP contribution in [0.5, 0.6) is 0 Å². The Morgan fingerprint density at radius 3 is 2.55 bits per heavy atom. The number of aryl methyl sites for hydroxylation is 1. The average molecular weight is 360 g/mol. The third kappa shape index (κ3) is 3.62. The second-order valence-corrected chi connectivity index (χ2v) is 8.10. The quantitative estimate of drug-likeness (QED) is 0.751. The van der Waals surface area contributed by atoms with Crippen LogP contribution < -0.4 is 0 Å². The van der Waals surface area contributed by atoms with Gasteiger partial charge >= 0.3 is 0 Å². The molecule has 0 heterocycles. The van der Waals surface area contributed by atoms with Crippen molar-refractivity contribution >= 4 is 26.0 Å². The average Bonchev–Trinajstić information content (AvgIpc) is 2.45. The molecule has 1 aliphatic rings. The second-order valence-electron chi connectivity index (χ2n) is 5.41. The topological polar surface area (TPSA) is 37.4 Å². The molecule has 2 rings (SSSR count). The van der Waals surface area contributed by atoms with Crippen LogP contribution in [0, 0.1) is 6.92 Å². The monoisotopic (exact) mass is 359 g/mol. The Bertz CT molecular complexity index is 539. The standard InChI is InChI=1S/C15H22BrNO2S/c1-13-6-5-9-15(12-13)20(18,19)17(11-10-16)14-7-3-2-4-8-14/h5-6,9,12,14H,2-4,7-8,10-11H2,1H3. The molecule has 0 saturated heterocycles. The third-order valence-corrected chi connectivity index (χ3v) is 6.19. The molecular weight excluding hydrogens is 338 g/mol. The van der Waals surface area contributed by atoms with Crippen molar-refractivity contribution in [1.82, 2.24) is 4.31 Å². The summed E-state index contributed by atoms with van der Waals surface area (Å²) in [5.41, 5.74) is 0.980. The van der Waals surface area contributed by atoms with Crippen molar-refractivity contribution < 1.29 is 8.42 Å². The number of nitrogens with zero attached hydrogens (tertiary/aromatic N) is 1. The van der Waals surface area contributed by atoms with Crippen LogP contribution in [-0.2, 0) is 10.0 Å². The first kappa shape index (κ1) is 16.0. The highest BCUT2D eigenvalue weighted by molar-refractivity contribution is 9.09. The summed E-state index contributed by atoms with van der Waals surface area (Å²) in [4.78, 5) is 0.420. The van der Waals surface area contributed by atoms with Crippen molar-refractivity contribution in [2.75, 3.05) is 11.9 Å². The summed E-state index contributed by atoms with van der Waals surface area (Å²) < 4.78 is 27.5. The zero-order valence-electron chi connectivity index (χ0n) is 11.9. The Balaban J connectivity index is 2.31. The van der Waals surface area contributed by atoms with E-state index in [1.807, 2.05) is 19.1 Å². The van der Waals surface area contributed by atoms with E-state index in [4.69, 9.17) is 0 Å². The van der Waals surface area contributed by atoms with Crippen LogP contribution >= 0.6 is 15.9 Å². The van der Waals surface area contributed by atoms with Crippen LogP contribution in [0.25, 0.3) is 0 Å². The number of hydrogen-bond acceptors (Lipinski definition) is 2. The molecule has 1 aromatic rings. The maximum absolute atomic E-state index is 12.9. The highest BCUT2D eigenvalue weighted by Crippen LogP contribution is 2.28. The van der Waals surface area contributed by atoms with Crippen LogP contribution in [0.2, 0.25) is 0 Å². The van der Waals surface area contributed by atoms with Crippen molar-refractivity contribution in [3.05, 3.63) is 29.8 Å². The Morgan fingerprint density at radius 2 is 1.95 bits per heavy atom. The van der Waals surface area contributed by atoms with Gasteiger partial charge in [-0.1, -0.05) is 47.3 Å². The van der Waals surface area contributed by atoms with Gasteiger partial charge in [-0.3, -0.25) is 0 Å². The van der Waals surface area contributed by atoms with Gasteiger partial charge in [-0.2, -0.15) is 4.31 Å². The molecule has 0 radical (unpaired) electrons. The van der Waals surface area contributed by atoms with Crippen LogP contribution in [-0.4, -0.2) is 30.6 Å². The van der Waals surface area contributed by atoms with E-state index in [2.05, 4.69) is 15.9 Å². The summed E-state index contributed by atoms with van der Waals surface area (Å²) >= 11 is 3.39. The van der Waals surface area contributed by atoms with Gasteiger partial charge < -0.3 is 0 Å². The fourth-order valence-corrected chi connectivity index (χ4v) is 5.27. The van der Waals surface area contributed by atoms with Gasteiger partial charge in [-0.15, -0.1) is 0 Å². The Hall–Kier alpha value is -0.390. The highest BCUT2D eigenvalue weighted by atomic mass is 79.9. The molecule has 112 valence electrons. The fourth-order valence-electron chi connectivity index (χ4n) is 2.86. The normalized spacial score (nSPS) is 17.6. The molecule has 3 nitrogen and oxygen atoms in total. The first-order chi connectivity index (χ1) is 9.55. The first-order valence-corrected chi connectivity index (χ1v) is 9.76. The van der Waals surface area contributed by atoms with Crippen molar-refractivity contribution in [2.24, 2.45) is 0 Å². The van der Waals surface area contributed by atoms with E-state index >= 15 is 0 Å². The SMILES string of the molecule is Cc1cccc(S(=O)(=O)N(CCBr)C2CCCCC2)c1. The van der Waals surface area contributed by atoms with Gasteiger partial charge in [0, 0.05) is 17.9 Å². The number of benzene rings is 1. The highest BCUT2D eigenvalue weighted by Gasteiger charge is 2.31. The molecule has 0 aromatic heterocycles. The van der Waals surface area contributed by atoms with Gasteiger partial charge in [-0.25, -0.2) is 8.42 Å². The minimum absolute atomic E-state index is 0.159. The summed E-state index contributed by atoms with van der Waals surface area (Å²) in [5, 5.41) is 0.675. The zero-order valence-corrected chi connectivity index (χ0v) is 14.3. The van der Waals surface area contributed by atoms with Crippen LogP contribution in [0.1, 0.15) is 37.7 Å². The number of hydrogen-bond donors (Lipinski definition) is 0. The minimum atomic E-state index is -3.38. The number of halogens is 1. The van der Waals surface area contributed by atoms with Gasteiger partial charge in [0.2, 0.25) is 10.0 Å². The lowest BCUT2D eigenvalue weighted by Crippen LogP contribution is -2.42. The molecule has 0 spiro atoms. The van der Waals surface area contributed by atoms with E-state index in [9.17, 15) is 8.42 Å². The van der Waals surface area contributed by atoms with Crippen molar-refractivity contribution in [1.29, 1.82) is 0 Å². The lowest BCUT2D eigenvalue weighted by atomic mass is 9.95. The molecule has 1 fully saturated rings. The molecular formula is C15H22BrNO2S. The summed E-state index contributed by atoms with van der Waals surface area (Å²) in [7, 11) is -3.38. The molecule has 5 heteroatoms. The van der Waals surface area contributed by atoms with Gasteiger partial charge in [0.15, 0.2) is 0 Å². The molecule has 0 amide bonds. The Labute approximate surface area is 130 Å². The summed E-state index contributed by atoms with van der Waals surface area (Å²) in [6.45, 7) is 2.47. The van der Waals surface area contributed by atoms with Crippen LogP contribution in [0.4, 0.5) is 0 Å². The minimum Gasteiger partial charge on any atom is -0.207 e. The summed E-state index contributed by atoms with van der Waals surface area (Å²) in [6, 6.07) is 7.36. The van der Waals surface area contributed by atoms with Crippen molar-refractivity contribution in [3.63, 3.8) is 0 Å². The Morgan fingerprint density at radius 1 is 1.25 bits per heavy atom. The zero-order chi connectivity index (χ0) is 14.6. The lowest BCUT2D eigenvalue weighted by Gasteiger charge is -2.33. The van der Waals surface area contributed by atoms with E-state index in [0.29, 0.717) is 16.8 Å². The van der Waals surface area contributed by atoms with Gasteiger partial charge in [0.1, 0.15) is 0 Å². The largest absolute Gasteiger partial charge is 0.243 e. The van der Waals surface area contributed by atoms with E-state index in [1.54, 1.807) is 16.4 Å². The molecule has 0 N–H and O–H groups in total. The predicted octanol–water partition coefficient (Wildman–Crippen LogP) is 3.71. The van der Waals surface area contributed by atoms with E-state index in [1.165, 1.54) is 6.42 Å². The molecule has 1 aliphatic carbocycles. The Kier molecular flexibility index (Phi) is 5.64. The molecule has 1 saturated carbocycles. The predicted molar refractivity (Wildman–Crippen MR) is 85.7 cm³/mol. The number of rotatable bonds is 5. The van der Waals surface area contributed by atoms with Crippen LogP contribution in [0.15, 0.2) is 29.2 Å². The molecule has 0 atom stereocenters. The van der Waals surface area contributed by atoms with E-state index < -0.39 is 10.0 Å². The molecule has 1 aromatic carbocycles. The maximum atomic E-state index is 12.9. The van der Waals surface area contributed by atoms with Crippen LogP contribution in [0.3, 0.4) is 0 Å². The van der Waals surface area contributed by atoms with Gasteiger partial charge in [0.05, 0.1) is 4.90 Å². The lowest BCUT2D eigenvalue weighted by molar-refractivity contribution is 0.263. The number of alkyl halides is 1.